The number of aliphatic hydroxyl groups excluding tert-OH is 1. The van der Waals surface area contributed by atoms with Crippen molar-refractivity contribution in [3.8, 4) is 0 Å². The molecule has 1 aliphatic heterocycles. The van der Waals surface area contributed by atoms with E-state index in [1.54, 1.807) is 9.80 Å². The van der Waals surface area contributed by atoms with E-state index in [2.05, 4.69) is 0 Å². The lowest BCUT2D eigenvalue weighted by atomic mass is 10.2. The van der Waals surface area contributed by atoms with Crippen LogP contribution in [-0.2, 0) is 4.74 Å². The third-order valence-corrected chi connectivity index (χ3v) is 2.99. The first-order chi connectivity index (χ1) is 7.63. The van der Waals surface area contributed by atoms with Crippen molar-refractivity contribution < 1.29 is 14.6 Å². The Labute approximate surface area is 97.0 Å². The van der Waals surface area contributed by atoms with Crippen LogP contribution in [0.3, 0.4) is 0 Å². The van der Waals surface area contributed by atoms with Crippen molar-refractivity contribution in [3.63, 3.8) is 0 Å². The number of hydrogen-bond donors (Lipinski definition) is 1. The third-order valence-electron chi connectivity index (χ3n) is 2.99. The summed E-state index contributed by atoms with van der Waals surface area (Å²) in [6.07, 6.45) is -0.240. The Morgan fingerprint density at radius 1 is 1.50 bits per heavy atom. The molecule has 0 radical (unpaired) electrons. The number of nitrogens with zero attached hydrogens (tertiary/aromatic N) is 2. The highest BCUT2D eigenvalue weighted by Crippen LogP contribution is 2.13. The number of urea groups is 1. The van der Waals surface area contributed by atoms with Crippen LogP contribution in [0.1, 0.15) is 20.8 Å². The minimum absolute atomic E-state index is 0.0330. The molecule has 0 spiro atoms. The van der Waals surface area contributed by atoms with Crippen molar-refractivity contribution in [2.45, 2.75) is 32.9 Å². The molecule has 2 unspecified atom stereocenters. The molecule has 0 aliphatic carbocycles. The molecular formula is C11H22N2O3. The van der Waals surface area contributed by atoms with Crippen LogP contribution >= 0.6 is 0 Å². The number of aliphatic hydroxyl groups is 1. The van der Waals surface area contributed by atoms with Gasteiger partial charge in [0.05, 0.1) is 31.9 Å². The van der Waals surface area contributed by atoms with Crippen LogP contribution in [-0.4, -0.2) is 65.9 Å². The van der Waals surface area contributed by atoms with E-state index in [1.165, 1.54) is 0 Å². The molecule has 1 rings (SSSR count). The van der Waals surface area contributed by atoms with Gasteiger partial charge in [-0.2, -0.15) is 0 Å². The van der Waals surface area contributed by atoms with Gasteiger partial charge in [0.15, 0.2) is 0 Å². The van der Waals surface area contributed by atoms with Gasteiger partial charge in [-0.25, -0.2) is 4.79 Å². The van der Waals surface area contributed by atoms with Gasteiger partial charge in [0.1, 0.15) is 0 Å². The highest BCUT2D eigenvalue weighted by atomic mass is 16.5. The summed E-state index contributed by atoms with van der Waals surface area (Å²) in [7, 11) is 0. The Morgan fingerprint density at radius 2 is 2.12 bits per heavy atom. The standard InChI is InChI=1S/C11H22N2O3/c1-4-12(5-2)11(15)13-6-10(7-14)16-8-9(13)3/h9-10,14H,4-8H2,1-3H3. The summed E-state index contributed by atoms with van der Waals surface area (Å²) in [4.78, 5) is 15.7. The molecule has 94 valence electrons. The predicted molar refractivity (Wildman–Crippen MR) is 61.3 cm³/mol. The normalized spacial score (nSPS) is 25.6. The molecule has 2 atom stereocenters. The van der Waals surface area contributed by atoms with Crippen LogP contribution in [0, 0.1) is 0 Å². The van der Waals surface area contributed by atoms with Gasteiger partial charge in [0.2, 0.25) is 0 Å². The Kier molecular flexibility index (Phi) is 5.02. The molecule has 2 amide bonds. The maximum Gasteiger partial charge on any atom is 0.320 e. The minimum Gasteiger partial charge on any atom is -0.394 e. The Morgan fingerprint density at radius 3 is 2.62 bits per heavy atom. The number of hydrogen-bond acceptors (Lipinski definition) is 3. The zero-order valence-corrected chi connectivity index (χ0v) is 10.3. The van der Waals surface area contributed by atoms with Gasteiger partial charge in [-0.3, -0.25) is 0 Å². The van der Waals surface area contributed by atoms with Gasteiger partial charge < -0.3 is 19.6 Å². The fourth-order valence-electron chi connectivity index (χ4n) is 1.87. The van der Waals surface area contributed by atoms with E-state index in [-0.39, 0.29) is 24.8 Å². The van der Waals surface area contributed by atoms with Crippen molar-refractivity contribution in [2.24, 2.45) is 0 Å². The van der Waals surface area contributed by atoms with E-state index in [1.807, 2.05) is 20.8 Å². The molecule has 1 heterocycles. The van der Waals surface area contributed by atoms with Gasteiger partial charge in [-0.1, -0.05) is 0 Å². The molecule has 1 aliphatic rings. The van der Waals surface area contributed by atoms with Crippen molar-refractivity contribution in [1.29, 1.82) is 0 Å². The maximum absolute atomic E-state index is 12.1. The second-order valence-electron chi connectivity index (χ2n) is 4.09. The lowest BCUT2D eigenvalue weighted by molar-refractivity contribution is -0.0663. The summed E-state index contributed by atoms with van der Waals surface area (Å²) in [5.41, 5.74) is 0. The van der Waals surface area contributed by atoms with E-state index in [4.69, 9.17) is 9.84 Å². The first-order valence-corrected chi connectivity index (χ1v) is 5.92. The molecule has 5 nitrogen and oxygen atoms in total. The first kappa shape index (κ1) is 13.3. The second-order valence-corrected chi connectivity index (χ2v) is 4.09. The first-order valence-electron chi connectivity index (χ1n) is 5.92. The lowest BCUT2D eigenvalue weighted by Gasteiger charge is -2.39. The zero-order valence-electron chi connectivity index (χ0n) is 10.3. The maximum atomic E-state index is 12.1. The summed E-state index contributed by atoms with van der Waals surface area (Å²) in [5, 5.41) is 9.05. The fraction of sp³-hybridized carbons (Fsp3) is 0.909. The molecule has 5 heteroatoms. The predicted octanol–water partition coefficient (Wildman–Crippen LogP) is 0.530. The van der Waals surface area contributed by atoms with Gasteiger partial charge >= 0.3 is 6.03 Å². The number of morpholine rings is 1. The fourth-order valence-corrected chi connectivity index (χ4v) is 1.87. The molecule has 0 saturated carbocycles. The topological polar surface area (TPSA) is 53.0 Å². The van der Waals surface area contributed by atoms with Crippen LogP contribution in [0.5, 0.6) is 0 Å². The van der Waals surface area contributed by atoms with Crippen LogP contribution in [0.2, 0.25) is 0 Å². The van der Waals surface area contributed by atoms with Crippen LogP contribution < -0.4 is 0 Å². The quantitative estimate of drug-likeness (QED) is 0.769. The average molecular weight is 230 g/mol. The summed E-state index contributed by atoms with van der Waals surface area (Å²) < 4.78 is 5.40. The number of carbonyl (C=O) groups excluding carboxylic acids is 1. The summed E-state index contributed by atoms with van der Waals surface area (Å²) in [6, 6.07) is 0.121. The van der Waals surface area contributed by atoms with E-state index in [0.717, 1.165) is 0 Å². The monoisotopic (exact) mass is 230 g/mol. The van der Waals surface area contributed by atoms with E-state index < -0.39 is 0 Å². The van der Waals surface area contributed by atoms with Crippen LogP contribution in [0.4, 0.5) is 4.79 Å². The van der Waals surface area contributed by atoms with E-state index in [9.17, 15) is 4.79 Å². The lowest BCUT2D eigenvalue weighted by Crippen LogP contribution is -2.55. The van der Waals surface area contributed by atoms with Gasteiger partial charge in [-0.15, -0.1) is 0 Å². The highest BCUT2D eigenvalue weighted by molar-refractivity contribution is 5.74. The largest absolute Gasteiger partial charge is 0.394 e. The minimum atomic E-state index is -0.240. The van der Waals surface area contributed by atoms with Crippen molar-refractivity contribution in [3.05, 3.63) is 0 Å². The molecule has 1 fully saturated rings. The van der Waals surface area contributed by atoms with Gasteiger partial charge in [0.25, 0.3) is 0 Å². The second kappa shape index (κ2) is 6.06. The summed E-state index contributed by atoms with van der Waals surface area (Å²) >= 11 is 0. The zero-order chi connectivity index (χ0) is 12.1. The van der Waals surface area contributed by atoms with Crippen molar-refractivity contribution in [2.75, 3.05) is 32.8 Å². The van der Waals surface area contributed by atoms with Crippen LogP contribution in [0.15, 0.2) is 0 Å². The number of rotatable bonds is 3. The van der Waals surface area contributed by atoms with Crippen molar-refractivity contribution >= 4 is 6.03 Å². The van der Waals surface area contributed by atoms with Gasteiger partial charge in [-0.05, 0) is 20.8 Å². The molecule has 0 aromatic rings. The molecule has 16 heavy (non-hydrogen) atoms. The Bertz CT molecular complexity index is 231. The molecule has 1 saturated heterocycles. The molecule has 0 aromatic heterocycles. The highest BCUT2D eigenvalue weighted by Gasteiger charge is 2.31. The summed E-state index contributed by atoms with van der Waals surface area (Å²) in [5.74, 6) is 0. The van der Waals surface area contributed by atoms with E-state index in [0.29, 0.717) is 26.2 Å². The number of ether oxygens (including phenoxy) is 1. The SMILES string of the molecule is CCN(CC)C(=O)N1CC(CO)OCC1C. The molecule has 0 aromatic carbocycles. The number of carbonyl (C=O) groups is 1. The number of amides is 2. The molecule has 1 N–H and O–H groups in total. The molecule has 0 bridgehead atoms. The van der Waals surface area contributed by atoms with E-state index >= 15 is 0 Å². The Hall–Kier alpha value is -0.810. The summed E-state index contributed by atoms with van der Waals surface area (Å²) in [6.45, 7) is 8.27. The average Bonchev–Trinajstić information content (AvgIpc) is 2.31. The van der Waals surface area contributed by atoms with Gasteiger partial charge in [0, 0.05) is 13.1 Å². The van der Waals surface area contributed by atoms with Crippen LogP contribution in [0.25, 0.3) is 0 Å². The molecular weight excluding hydrogens is 208 g/mol. The van der Waals surface area contributed by atoms with Crippen molar-refractivity contribution in [1.82, 2.24) is 9.80 Å². The third kappa shape index (κ3) is 2.86. The Balaban J connectivity index is 2.64. The smallest absolute Gasteiger partial charge is 0.320 e.